The van der Waals surface area contributed by atoms with Gasteiger partial charge in [0.1, 0.15) is 11.5 Å². The number of piperidine rings is 1. The molecule has 2 atom stereocenters. The second-order valence-corrected chi connectivity index (χ2v) is 8.53. The highest BCUT2D eigenvalue weighted by Crippen LogP contribution is 2.31. The summed E-state index contributed by atoms with van der Waals surface area (Å²) in [6.07, 6.45) is 3.10. The maximum Gasteiger partial charge on any atom is 0.419 e. The third kappa shape index (κ3) is 5.21. The molecule has 4 heterocycles. The van der Waals surface area contributed by atoms with Gasteiger partial charge < -0.3 is 4.90 Å². The first-order valence-corrected chi connectivity index (χ1v) is 11.2. The van der Waals surface area contributed by atoms with Gasteiger partial charge >= 0.3 is 6.18 Å². The Bertz CT molecular complexity index is 1140. The first kappa shape index (κ1) is 23.7. The Morgan fingerprint density at radius 3 is 2.50 bits per heavy atom. The summed E-state index contributed by atoms with van der Waals surface area (Å²) in [5, 5.41) is 0. The molecule has 0 spiro atoms. The lowest BCUT2D eigenvalue weighted by atomic mass is 9.87. The topological polar surface area (TPSA) is 84.8 Å². The molecular formula is C24H25F3N6O. The predicted octanol–water partition coefficient (Wildman–Crippen LogP) is 4.53. The number of rotatable bonds is 5. The van der Waals surface area contributed by atoms with Crippen LogP contribution in [0.3, 0.4) is 0 Å². The maximum absolute atomic E-state index is 13.7. The Balaban J connectivity index is 1.57. The van der Waals surface area contributed by atoms with Crippen molar-refractivity contribution in [2.24, 2.45) is 5.92 Å². The lowest BCUT2D eigenvalue weighted by molar-refractivity contribution is -0.138. The van der Waals surface area contributed by atoms with Gasteiger partial charge in [-0.1, -0.05) is 6.92 Å². The van der Waals surface area contributed by atoms with Crippen molar-refractivity contribution in [3.63, 3.8) is 0 Å². The van der Waals surface area contributed by atoms with Gasteiger partial charge in [-0.25, -0.2) is 24.9 Å². The number of likely N-dealkylation sites (tertiary alicyclic amines) is 1. The summed E-state index contributed by atoms with van der Waals surface area (Å²) >= 11 is 0. The number of aryl methyl sites for hydroxylation is 2. The zero-order valence-corrected chi connectivity index (χ0v) is 19.0. The highest BCUT2D eigenvalue weighted by Gasteiger charge is 2.35. The zero-order chi connectivity index (χ0) is 24.3. The van der Waals surface area contributed by atoms with Gasteiger partial charge in [0.15, 0.2) is 5.82 Å². The smallest absolute Gasteiger partial charge is 0.334 e. The number of hydrogen-bond acceptors (Lipinski definition) is 6. The number of pyridine rings is 1. The van der Waals surface area contributed by atoms with Crippen LogP contribution in [-0.4, -0.2) is 48.3 Å². The van der Waals surface area contributed by atoms with Crippen LogP contribution in [-0.2, 0) is 12.6 Å². The fourth-order valence-electron chi connectivity index (χ4n) is 4.32. The van der Waals surface area contributed by atoms with Crippen LogP contribution in [0.1, 0.15) is 53.8 Å². The van der Waals surface area contributed by atoms with Gasteiger partial charge in [0.25, 0.3) is 5.91 Å². The molecule has 1 aliphatic rings. The summed E-state index contributed by atoms with van der Waals surface area (Å²) in [7, 11) is 0. The van der Waals surface area contributed by atoms with Crippen LogP contribution in [0.4, 0.5) is 13.2 Å². The minimum absolute atomic E-state index is 0.112. The number of amides is 1. The largest absolute Gasteiger partial charge is 0.419 e. The average molecular weight is 470 g/mol. The molecule has 0 bridgehead atoms. The van der Waals surface area contributed by atoms with Crippen molar-refractivity contribution >= 4 is 5.91 Å². The standard InChI is InChI=1S/C24H25F3N6O/c1-15-5-3-12-33(19(15)8-9-20-30-13-17(14-31-20)24(25,26)27)23(34)21-18(7-6-16(2)32-21)22-28-10-4-11-29-22/h4,6-7,10-11,13-15,19H,3,5,8-9,12H2,1-2H3/t15-,19-/m1/s1. The van der Waals surface area contributed by atoms with Crippen molar-refractivity contribution in [2.75, 3.05) is 6.54 Å². The van der Waals surface area contributed by atoms with Crippen molar-refractivity contribution in [3.05, 3.63) is 65.8 Å². The van der Waals surface area contributed by atoms with E-state index in [0.717, 1.165) is 25.2 Å². The van der Waals surface area contributed by atoms with Crippen LogP contribution in [0, 0.1) is 12.8 Å². The van der Waals surface area contributed by atoms with Crippen molar-refractivity contribution in [1.29, 1.82) is 0 Å². The molecule has 0 N–H and O–H groups in total. The van der Waals surface area contributed by atoms with Crippen molar-refractivity contribution in [3.8, 4) is 11.4 Å². The molecular weight excluding hydrogens is 445 g/mol. The summed E-state index contributed by atoms with van der Waals surface area (Å²) in [4.78, 5) is 36.4. The van der Waals surface area contributed by atoms with Crippen LogP contribution >= 0.6 is 0 Å². The van der Waals surface area contributed by atoms with E-state index in [0.29, 0.717) is 48.0 Å². The van der Waals surface area contributed by atoms with E-state index in [1.54, 1.807) is 18.5 Å². The number of nitrogens with zero attached hydrogens (tertiary/aromatic N) is 6. The molecule has 1 amide bonds. The van der Waals surface area contributed by atoms with E-state index >= 15 is 0 Å². The first-order chi connectivity index (χ1) is 16.2. The second-order valence-electron chi connectivity index (χ2n) is 8.53. The van der Waals surface area contributed by atoms with E-state index in [9.17, 15) is 18.0 Å². The molecule has 3 aromatic rings. The van der Waals surface area contributed by atoms with Gasteiger partial charge in [-0.15, -0.1) is 0 Å². The van der Waals surface area contributed by atoms with Crippen molar-refractivity contribution in [1.82, 2.24) is 29.8 Å². The van der Waals surface area contributed by atoms with E-state index in [2.05, 4.69) is 31.8 Å². The molecule has 34 heavy (non-hydrogen) atoms. The summed E-state index contributed by atoms with van der Waals surface area (Å²) in [5.74, 6) is 0.771. The summed E-state index contributed by atoms with van der Waals surface area (Å²) in [6, 6.07) is 5.22. The molecule has 1 fully saturated rings. The van der Waals surface area contributed by atoms with Gasteiger partial charge in [-0.3, -0.25) is 4.79 Å². The van der Waals surface area contributed by atoms with Crippen LogP contribution < -0.4 is 0 Å². The van der Waals surface area contributed by atoms with Crippen LogP contribution in [0.15, 0.2) is 43.0 Å². The minimum atomic E-state index is -4.47. The summed E-state index contributed by atoms with van der Waals surface area (Å²) < 4.78 is 38.4. The summed E-state index contributed by atoms with van der Waals surface area (Å²) in [6.45, 7) is 4.49. The number of aromatic nitrogens is 5. The number of alkyl halides is 3. The summed E-state index contributed by atoms with van der Waals surface area (Å²) in [5.41, 5.74) is 0.707. The third-order valence-electron chi connectivity index (χ3n) is 6.12. The predicted molar refractivity (Wildman–Crippen MR) is 119 cm³/mol. The van der Waals surface area contributed by atoms with Crippen LogP contribution in [0.2, 0.25) is 0 Å². The Kier molecular flexibility index (Phi) is 6.85. The minimum Gasteiger partial charge on any atom is -0.334 e. The number of hydrogen-bond donors (Lipinski definition) is 0. The molecule has 0 saturated carbocycles. The third-order valence-corrected chi connectivity index (χ3v) is 6.12. The van der Waals surface area contributed by atoms with Crippen LogP contribution in [0.25, 0.3) is 11.4 Å². The molecule has 0 unspecified atom stereocenters. The van der Waals surface area contributed by atoms with Crippen molar-refractivity contribution in [2.45, 2.75) is 51.7 Å². The Morgan fingerprint density at radius 2 is 1.82 bits per heavy atom. The number of carbonyl (C=O) groups excluding carboxylic acids is 1. The Labute approximate surface area is 195 Å². The zero-order valence-electron chi connectivity index (χ0n) is 19.0. The molecule has 4 rings (SSSR count). The molecule has 10 heteroatoms. The molecule has 7 nitrogen and oxygen atoms in total. The molecule has 178 valence electrons. The van der Waals surface area contributed by atoms with Gasteiger partial charge in [0.05, 0.1) is 11.1 Å². The van der Waals surface area contributed by atoms with E-state index < -0.39 is 11.7 Å². The molecule has 0 aromatic carbocycles. The van der Waals surface area contributed by atoms with E-state index in [1.165, 1.54) is 0 Å². The maximum atomic E-state index is 13.7. The highest BCUT2D eigenvalue weighted by molar-refractivity contribution is 5.98. The monoisotopic (exact) mass is 470 g/mol. The molecule has 3 aromatic heterocycles. The fraction of sp³-hybridized carbons (Fsp3) is 0.417. The number of carbonyl (C=O) groups is 1. The lowest BCUT2D eigenvalue weighted by Gasteiger charge is -2.40. The molecule has 1 aliphatic heterocycles. The fourth-order valence-corrected chi connectivity index (χ4v) is 4.32. The van der Waals surface area contributed by atoms with Gasteiger partial charge in [0, 0.05) is 49.5 Å². The van der Waals surface area contributed by atoms with Gasteiger partial charge in [0.2, 0.25) is 0 Å². The SMILES string of the molecule is Cc1ccc(-c2ncccn2)c(C(=O)N2CCC[C@@H](C)[C@H]2CCc2ncc(C(F)(F)F)cn2)n1. The van der Waals surface area contributed by atoms with Crippen LogP contribution in [0.5, 0.6) is 0 Å². The molecule has 0 radical (unpaired) electrons. The van der Waals surface area contributed by atoms with Gasteiger partial charge in [-0.2, -0.15) is 13.2 Å². The molecule has 1 saturated heterocycles. The second kappa shape index (κ2) is 9.82. The van der Waals surface area contributed by atoms with E-state index in [1.807, 2.05) is 24.0 Å². The average Bonchev–Trinajstić information content (AvgIpc) is 2.83. The number of halogens is 3. The van der Waals surface area contributed by atoms with Gasteiger partial charge in [-0.05, 0) is 50.3 Å². The Hall–Kier alpha value is -3.43. The van der Waals surface area contributed by atoms with E-state index in [-0.39, 0.29) is 17.9 Å². The normalized spacial score (nSPS) is 18.7. The Morgan fingerprint density at radius 1 is 1.12 bits per heavy atom. The molecule has 0 aliphatic carbocycles. The highest BCUT2D eigenvalue weighted by atomic mass is 19.4. The van der Waals surface area contributed by atoms with Crippen molar-refractivity contribution < 1.29 is 18.0 Å². The quantitative estimate of drug-likeness (QED) is 0.545. The van der Waals surface area contributed by atoms with E-state index in [4.69, 9.17) is 0 Å². The first-order valence-electron chi connectivity index (χ1n) is 11.2. The lowest BCUT2D eigenvalue weighted by Crippen LogP contribution is -2.48.